The Hall–Kier alpha value is -2.12. The van der Waals surface area contributed by atoms with Crippen molar-refractivity contribution in [3.63, 3.8) is 0 Å². The number of hydrogen-bond donors (Lipinski definition) is 0. The van der Waals surface area contributed by atoms with Crippen LogP contribution < -0.4 is 0 Å². The average molecular weight is 395 g/mol. The number of fused-ring (bicyclic) bond motifs is 3. The molecular weight excluding hydrogens is 377 g/mol. The van der Waals surface area contributed by atoms with Crippen molar-refractivity contribution in [3.8, 4) is 0 Å². The Labute approximate surface area is 159 Å². The summed E-state index contributed by atoms with van der Waals surface area (Å²) in [6.45, 7) is 2.43. The van der Waals surface area contributed by atoms with Gasteiger partial charge in [-0.3, -0.25) is 4.98 Å². The van der Waals surface area contributed by atoms with Crippen molar-refractivity contribution < 1.29 is 13.2 Å². The van der Waals surface area contributed by atoms with Crippen LogP contribution in [0.2, 0.25) is 5.02 Å². The van der Waals surface area contributed by atoms with Gasteiger partial charge in [-0.2, -0.15) is 13.2 Å². The molecule has 27 heavy (non-hydrogen) atoms. The van der Waals surface area contributed by atoms with Crippen molar-refractivity contribution in [2.75, 3.05) is 13.6 Å². The first kappa shape index (κ1) is 18.3. The van der Waals surface area contributed by atoms with E-state index in [0.717, 1.165) is 42.2 Å². The van der Waals surface area contributed by atoms with Crippen molar-refractivity contribution in [1.82, 2.24) is 19.4 Å². The van der Waals surface area contributed by atoms with Crippen LogP contribution in [0.25, 0.3) is 11.0 Å². The Morgan fingerprint density at radius 1 is 1.19 bits per heavy atom. The number of rotatable bonds is 3. The molecule has 0 spiro atoms. The number of pyridine rings is 2. The smallest absolute Gasteiger partial charge is 0.329 e. The highest BCUT2D eigenvalue weighted by Crippen LogP contribution is 2.31. The zero-order valence-electron chi connectivity index (χ0n) is 14.7. The topological polar surface area (TPSA) is 34.0 Å². The zero-order valence-corrected chi connectivity index (χ0v) is 15.5. The van der Waals surface area contributed by atoms with E-state index in [1.54, 1.807) is 6.20 Å². The molecule has 0 unspecified atom stereocenters. The summed E-state index contributed by atoms with van der Waals surface area (Å²) in [7, 11) is 2.08. The molecule has 0 saturated carbocycles. The van der Waals surface area contributed by atoms with Crippen molar-refractivity contribution in [2.24, 2.45) is 0 Å². The molecule has 142 valence electrons. The fourth-order valence-electron chi connectivity index (χ4n) is 3.65. The molecule has 3 aromatic heterocycles. The molecule has 1 aliphatic heterocycles. The van der Waals surface area contributed by atoms with E-state index in [9.17, 15) is 13.2 Å². The van der Waals surface area contributed by atoms with E-state index in [0.29, 0.717) is 18.0 Å². The number of nitrogens with zero attached hydrogens (tertiary/aromatic N) is 4. The first-order chi connectivity index (χ1) is 12.8. The number of alkyl halides is 3. The molecular formula is C19H18ClF3N4. The summed E-state index contributed by atoms with van der Waals surface area (Å²) in [6.07, 6.45) is 0.0182. The van der Waals surface area contributed by atoms with E-state index in [4.69, 9.17) is 11.6 Å². The van der Waals surface area contributed by atoms with Gasteiger partial charge in [-0.25, -0.2) is 4.98 Å². The zero-order chi connectivity index (χ0) is 19.2. The molecule has 4 rings (SSSR count). The summed E-state index contributed by atoms with van der Waals surface area (Å²) in [5.41, 5.74) is 3.24. The lowest BCUT2D eigenvalue weighted by molar-refractivity contribution is -0.141. The largest absolute Gasteiger partial charge is 0.433 e. The standard InChI is InChI=1S/C19H18ClF3N4/c1-26-6-5-16-15(11-26)14-8-13(20)10-25-18(14)27(16)7-4-12-2-3-17(24-9-12)19(21,22)23/h2-3,8-10H,4-7,11H2,1H3. The van der Waals surface area contributed by atoms with Crippen LogP contribution in [-0.4, -0.2) is 33.0 Å². The normalized spacial score (nSPS) is 15.3. The summed E-state index contributed by atoms with van der Waals surface area (Å²) in [4.78, 5) is 10.3. The van der Waals surface area contributed by atoms with Crippen molar-refractivity contribution in [2.45, 2.75) is 32.1 Å². The molecule has 0 fully saturated rings. The maximum Gasteiger partial charge on any atom is 0.433 e. The molecule has 0 aliphatic carbocycles. The molecule has 0 radical (unpaired) electrons. The van der Waals surface area contributed by atoms with Crippen LogP contribution in [0, 0.1) is 0 Å². The third-order valence-corrected chi connectivity index (χ3v) is 5.19. The Morgan fingerprint density at radius 2 is 2.00 bits per heavy atom. The fourth-order valence-corrected chi connectivity index (χ4v) is 3.80. The molecule has 0 aromatic carbocycles. The minimum atomic E-state index is -4.41. The van der Waals surface area contributed by atoms with Crippen molar-refractivity contribution in [1.29, 1.82) is 0 Å². The molecule has 4 nitrogen and oxygen atoms in total. The molecule has 0 bridgehead atoms. The predicted octanol–water partition coefficient (Wildman–Crippen LogP) is 4.33. The van der Waals surface area contributed by atoms with Gasteiger partial charge in [-0.15, -0.1) is 0 Å². The maximum atomic E-state index is 12.7. The molecule has 0 atom stereocenters. The number of halogens is 4. The Morgan fingerprint density at radius 3 is 2.70 bits per heavy atom. The van der Waals surface area contributed by atoms with Gasteiger partial charge < -0.3 is 9.47 Å². The highest BCUT2D eigenvalue weighted by Gasteiger charge is 2.32. The molecule has 3 aromatic rings. The second-order valence-electron chi connectivity index (χ2n) is 6.89. The van der Waals surface area contributed by atoms with Gasteiger partial charge in [-0.05, 0) is 36.7 Å². The first-order valence-electron chi connectivity index (χ1n) is 8.69. The van der Waals surface area contributed by atoms with E-state index in [1.165, 1.54) is 23.5 Å². The number of aromatic nitrogens is 3. The lowest BCUT2D eigenvalue weighted by atomic mass is 10.1. The first-order valence-corrected chi connectivity index (χ1v) is 9.07. The van der Waals surface area contributed by atoms with Crippen LogP contribution in [-0.2, 0) is 32.1 Å². The number of likely N-dealkylation sites (N-methyl/N-ethyl adjacent to an activating group) is 1. The molecule has 0 N–H and O–H groups in total. The van der Waals surface area contributed by atoms with Crippen LogP contribution in [0.3, 0.4) is 0 Å². The van der Waals surface area contributed by atoms with Gasteiger partial charge in [0.1, 0.15) is 11.3 Å². The van der Waals surface area contributed by atoms with E-state index in [2.05, 4.69) is 26.5 Å². The molecule has 8 heteroatoms. The van der Waals surface area contributed by atoms with E-state index >= 15 is 0 Å². The molecule has 0 saturated heterocycles. The van der Waals surface area contributed by atoms with Crippen molar-refractivity contribution >= 4 is 22.6 Å². The van der Waals surface area contributed by atoms with Gasteiger partial charge in [0.2, 0.25) is 0 Å². The van der Waals surface area contributed by atoms with Crippen LogP contribution in [0.4, 0.5) is 13.2 Å². The van der Waals surface area contributed by atoms with Crippen LogP contribution in [0.1, 0.15) is 22.5 Å². The lowest BCUT2D eigenvalue weighted by Crippen LogP contribution is -2.27. The van der Waals surface area contributed by atoms with E-state index in [1.807, 2.05) is 6.07 Å². The van der Waals surface area contributed by atoms with E-state index < -0.39 is 11.9 Å². The van der Waals surface area contributed by atoms with Gasteiger partial charge in [0.25, 0.3) is 0 Å². The number of aryl methyl sites for hydroxylation is 2. The highest BCUT2D eigenvalue weighted by atomic mass is 35.5. The van der Waals surface area contributed by atoms with E-state index in [-0.39, 0.29) is 0 Å². The quantitative estimate of drug-likeness (QED) is 0.663. The van der Waals surface area contributed by atoms with Gasteiger partial charge in [0, 0.05) is 49.5 Å². The minimum absolute atomic E-state index is 0.585. The highest BCUT2D eigenvalue weighted by molar-refractivity contribution is 6.31. The monoisotopic (exact) mass is 394 g/mol. The second kappa shape index (κ2) is 6.80. The van der Waals surface area contributed by atoms with Crippen LogP contribution in [0.15, 0.2) is 30.6 Å². The fraction of sp³-hybridized carbons (Fsp3) is 0.368. The minimum Gasteiger partial charge on any atom is -0.329 e. The Bertz CT molecular complexity index is 979. The number of hydrogen-bond acceptors (Lipinski definition) is 3. The second-order valence-corrected chi connectivity index (χ2v) is 7.33. The summed E-state index contributed by atoms with van der Waals surface area (Å²) >= 11 is 6.15. The summed E-state index contributed by atoms with van der Waals surface area (Å²) in [5.74, 6) is 0. The van der Waals surface area contributed by atoms with Gasteiger partial charge in [0.05, 0.1) is 5.02 Å². The summed E-state index contributed by atoms with van der Waals surface area (Å²) in [5, 5.41) is 1.65. The van der Waals surface area contributed by atoms with Gasteiger partial charge >= 0.3 is 6.18 Å². The summed E-state index contributed by atoms with van der Waals surface area (Å²) in [6, 6.07) is 4.47. The average Bonchev–Trinajstić information content (AvgIpc) is 2.92. The summed E-state index contributed by atoms with van der Waals surface area (Å²) < 4.78 is 40.2. The van der Waals surface area contributed by atoms with Crippen LogP contribution in [0.5, 0.6) is 0 Å². The third kappa shape index (κ3) is 3.53. The Balaban J connectivity index is 1.64. The van der Waals surface area contributed by atoms with Crippen LogP contribution >= 0.6 is 11.6 Å². The van der Waals surface area contributed by atoms with Gasteiger partial charge in [0.15, 0.2) is 0 Å². The molecule has 4 heterocycles. The third-order valence-electron chi connectivity index (χ3n) is 4.99. The van der Waals surface area contributed by atoms with Crippen molar-refractivity contribution in [3.05, 3.63) is 58.1 Å². The predicted molar refractivity (Wildman–Crippen MR) is 97.7 cm³/mol. The SMILES string of the molecule is CN1CCc2c(c3cc(Cl)cnc3n2CCc2ccc(C(F)(F)F)nc2)C1. The molecule has 1 aliphatic rings. The van der Waals surface area contributed by atoms with Gasteiger partial charge in [-0.1, -0.05) is 17.7 Å². The molecule has 0 amide bonds. The Kier molecular flexibility index (Phi) is 4.60. The lowest BCUT2D eigenvalue weighted by Gasteiger charge is -2.24. The maximum absolute atomic E-state index is 12.7.